The zero-order valence-corrected chi connectivity index (χ0v) is 12.8. The number of carbonyl (C=O) groups is 2. The smallest absolute Gasteiger partial charge is 0.339 e. The zero-order chi connectivity index (χ0) is 15.3. The molecule has 1 atom stereocenters. The average molecular weight is 277 g/mol. The van der Waals surface area contributed by atoms with Crippen molar-refractivity contribution in [3.05, 3.63) is 34.9 Å². The van der Waals surface area contributed by atoms with Crippen LogP contribution in [-0.4, -0.2) is 24.5 Å². The van der Waals surface area contributed by atoms with E-state index >= 15 is 0 Å². The van der Waals surface area contributed by atoms with Gasteiger partial charge in [0, 0.05) is 6.54 Å². The summed E-state index contributed by atoms with van der Waals surface area (Å²) in [5.74, 6) is -0.368. The van der Waals surface area contributed by atoms with Gasteiger partial charge >= 0.3 is 5.97 Å². The van der Waals surface area contributed by atoms with E-state index in [2.05, 4.69) is 5.32 Å². The SMILES string of the molecule is Cc1ccc(C(=O)OC(C)C(=O)NCC(C)C)c(C)c1. The molecule has 0 saturated carbocycles. The van der Waals surface area contributed by atoms with Crippen molar-refractivity contribution in [2.75, 3.05) is 6.54 Å². The van der Waals surface area contributed by atoms with Gasteiger partial charge < -0.3 is 10.1 Å². The third-order valence-electron chi connectivity index (χ3n) is 2.94. The van der Waals surface area contributed by atoms with Gasteiger partial charge in [0.05, 0.1) is 5.56 Å². The van der Waals surface area contributed by atoms with Crippen LogP contribution in [0.2, 0.25) is 0 Å². The fourth-order valence-corrected chi connectivity index (χ4v) is 1.77. The van der Waals surface area contributed by atoms with E-state index in [9.17, 15) is 9.59 Å². The van der Waals surface area contributed by atoms with Crippen molar-refractivity contribution in [1.29, 1.82) is 0 Å². The Morgan fingerprint density at radius 2 is 1.85 bits per heavy atom. The number of hydrogen-bond donors (Lipinski definition) is 1. The van der Waals surface area contributed by atoms with Crippen LogP contribution in [0.4, 0.5) is 0 Å². The summed E-state index contributed by atoms with van der Waals surface area (Å²) in [5, 5.41) is 2.75. The highest BCUT2D eigenvalue weighted by atomic mass is 16.5. The predicted molar refractivity (Wildman–Crippen MR) is 78.6 cm³/mol. The Labute approximate surface area is 120 Å². The van der Waals surface area contributed by atoms with Crippen LogP contribution in [0.15, 0.2) is 18.2 Å². The minimum absolute atomic E-state index is 0.267. The number of esters is 1. The molecule has 1 unspecified atom stereocenters. The fraction of sp³-hybridized carbons (Fsp3) is 0.500. The topological polar surface area (TPSA) is 55.4 Å². The van der Waals surface area contributed by atoms with Gasteiger partial charge in [0.25, 0.3) is 5.91 Å². The molecule has 0 aliphatic heterocycles. The first-order chi connectivity index (χ1) is 9.31. The molecule has 20 heavy (non-hydrogen) atoms. The molecule has 0 spiro atoms. The molecule has 1 amide bonds. The lowest BCUT2D eigenvalue weighted by molar-refractivity contribution is -0.129. The van der Waals surface area contributed by atoms with E-state index in [1.165, 1.54) is 0 Å². The quantitative estimate of drug-likeness (QED) is 0.842. The predicted octanol–water partition coefficient (Wildman–Crippen LogP) is 2.62. The van der Waals surface area contributed by atoms with Crippen LogP contribution in [0.5, 0.6) is 0 Å². The molecule has 0 bridgehead atoms. The van der Waals surface area contributed by atoms with E-state index < -0.39 is 12.1 Å². The van der Waals surface area contributed by atoms with E-state index in [1.807, 2.05) is 39.8 Å². The molecule has 0 radical (unpaired) electrons. The standard InChI is InChI=1S/C16H23NO3/c1-10(2)9-17-15(18)13(5)20-16(19)14-7-6-11(3)8-12(14)4/h6-8,10,13H,9H2,1-5H3,(H,17,18). The molecule has 0 saturated heterocycles. The summed E-state index contributed by atoms with van der Waals surface area (Å²) in [6.45, 7) is 9.98. The van der Waals surface area contributed by atoms with Crippen LogP contribution in [0, 0.1) is 19.8 Å². The molecular formula is C16H23NO3. The fourth-order valence-electron chi connectivity index (χ4n) is 1.77. The summed E-state index contributed by atoms with van der Waals surface area (Å²) in [6, 6.07) is 5.50. The Hall–Kier alpha value is -1.84. The minimum atomic E-state index is -0.790. The third kappa shape index (κ3) is 4.68. The summed E-state index contributed by atoms with van der Waals surface area (Å²) in [4.78, 5) is 23.8. The molecule has 4 heteroatoms. The van der Waals surface area contributed by atoms with Crippen LogP contribution in [0.1, 0.15) is 42.3 Å². The molecule has 4 nitrogen and oxygen atoms in total. The van der Waals surface area contributed by atoms with Crippen molar-refractivity contribution in [3.8, 4) is 0 Å². The first-order valence-corrected chi connectivity index (χ1v) is 6.87. The lowest BCUT2D eigenvalue weighted by atomic mass is 10.1. The number of rotatable bonds is 5. The Kier molecular flexibility index (Phi) is 5.74. The first-order valence-electron chi connectivity index (χ1n) is 6.87. The van der Waals surface area contributed by atoms with Gasteiger partial charge in [-0.25, -0.2) is 4.79 Å². The van der Waals surface area contributed by atoms with Crippen LogP contribution in [0.3, 0.4) is 0 Å². The molecule has 0 aliphatic rings. The second-order valence-corrected chi connectivity index (χ2v) is 5.50. The number of nitrogens with one attached hydrogen (secondary N) is 1. The average Bonchev–Trinajstić information content (AvgIpc) is 2.35. The molecule has 1 aromatic carbocycles. The van der Waals surface area contributed by atoms with Gasteiger partial charge in [0.2, 0.25) is 0 Å². The van der Waals surface area contributed by atoms with Gasteiger partial charge in [-0.2, -0.15) is 0 Å². The maximum absolute atomic E-state index is 12.0. The molecular weight excluding hydrogens is 254 g/mol. The Morgan fingerprint density at radius 1 is 1.20 bits per heavy atom. The second-order valence-electron chi connectivity index (χ2n) is 5.50. The van der Waals surface area contributed by atoms with Crippen molar-refractivity contribution in [2.45, 2.75) is 40.7 Å². The summed E-state index contributed by atoms with van der Waals surface area (Å²) < 4.78 is 5.20. The van der Waals surface area contributed by atoms with E-state index in [-0.39, 0.29) is 5.91 Å². The molecule has 1 N–H and O–H groups in total. The van der Waals surface area contributed by atoms with Gasteiger partial charge in [-0.3, -0.25) is 4.79 Å². The van der Waals surface area contributed by atoms with E-state index in [0.717, 1.165) is 11.1 Å². The largest absolute Gasteiger partial charge is 0.449 e. The number of aryl methyl sites for hydroxylation is 2. The molecule has 0 aliphatic carbocycles. The van der Waals surface area contributed by atoms with Crippen LogP contribution in [0.25, 0.3) is 0 Å². The van der Waals surface area contributed by atoms with E-state index in [4.69, 9.17) is 4.74 Å². The summed E-state index contributed by atoms with van der Waals surface area (Å²) in [7, 11) is 0. The van der Waals surface area contributed by atoms with Gasteiger partial charge in [-0.15, -0.1) is 0 Å². The van der Waals surface area contributed by atoms with Crippen molar-refractivity contribution >= 4 is 11.9 Å². The van der Waals surface area contributed by atoms with Crippen molar-refractivity contribution in [2.24, 2.45) is 5.92 Å². The monoisotopic (exact) mass is 277 g/mol. The first kappa shape index (κ1) is 16.2. The van der Waals surface area contributed by atoms with Crippen molar-refractivity contribution < 1.29 is 14.3 Å². The summed E-state index contributed by atoms with van der Waals surface area (Å²) in [6.07, 6.45) is -0.790. The molecule has 0 aromatic heterocycles. The number of hydrogen-bond acceptors (Lipinski definition) is 3. The van der Waals surface area contributed by atoms with E-state index in [0.29, 0.717) is 18.0 Å². The van der Waals surface area contributed by atoms with Crippen LogP contribution < -0.4 is 5.32 Å². The van der Waals surface area contributed by atoms with Gasteiger partial charge in [-0.1, -0.05) is 31.5 Å². The van der Waals surface area contributed by atoms with Crippen LogP contribution in [-0.2, 0) is 9.53 Å². The van der Waals surface area contributed by atoms with Crippen LogP contribution >= 0.6 is 0 Å². The Bertz CT molecular complexity index is 494. The highest BCUT2D eigenvalue weighted by Crippen LogP contribution is 2.12. The number of ether oxygens (including phenoxy) is 1. The number of carbonyl (C=O) groups excluding carboxylic acids is 2. The molecule has 1 aromatic rings. The number of amides is 1. The van der Waals surface area contributed by atoms with Gasteiger partial charge in [0.1, 0.15) is 0 Å². The minimum Gasteiger partial charge on any atom is -0.449 e. The zero-order valence-electron chi connectivity index (χ0n) is 12.8. The van der Waals surface area contributed by atoms with Gasteiger partial charge in [0.15, 0.2) is 6.10 Å². The highest BCUT2D eigenvalue weighted by molar-refractivity contribution is 5.93. The highest BCUT2D eigenvalue weighted by Gasteiger charge is 2.19. The summed E-state index contributed by atoms with van der Waals surface area (Å²) >= 11 is 0. The number of benzene rings is 1. The Balaban J connectivity index is 2.63. The molecule has 110 valence electrons. The second kappa shape index (κ2) is 7.08. The molecule has 0 fully saturated rings. The normalized spacial score (nSPS) is 12.1. The lowest BCUT2D eigenvalue weighted by Crippen LogP contribution is -2.37. The summed E-state index contributed by atoms with van der Waals surface area (Å²) in [5.41, 5.74) is 2.44. The third-order valence-corrected chi connectivity index (χ3v) is 2.94. The van der Waals surface area contributed by atoms with E-state index in [1.54, 1.807) is 13.0 Å². The van der Waals surface area contributed by atoms with Crippen molar-refractivity contribution in [1.82, 2.24) is 5.32 Å². The molecule has 1 rings (SSSR count). The van der Waals surface area contributed by atoms with Gasteiger partial charge in [-0.05, 0) is 38.3 Å². The Morgan fingerprint density at radius 3 is 2.40 bits per heavy atom. The lowest BCUT2D eigenvalue weighted by Gasteiger charge is -2.15. The maximum atomic E-state index is 12.0. The maximum Gasteiger partial charge on any atom is 0.339 e. The molecule has 0 heterocycles. The van der Waals surface area contributed by atoms with Crippen molar-refractivity contribution in [3.63, 3.8) is 0 Å².